The van der Waals surface area contributed by atoms with E-state index in [1.807, 2.05) is 6.07 Å². The minimum Gasteiger partial charge on any atom is -0.352 e. The van der Waals surface area contributed by atoms with Crippen LogP contribution in [0.2, 0.25) is 0 Å². The summed E-state index contributed by atoms with van der Waals surface area (Å²) in [5.74, 6) is 0.620. The predicted octanol–water partition coefficient (Wildman–Crippen LogP) is 0.978. The monoisotopic (exact) mass is 189 g/mol. The number of carbonyl (C=O) groups excluding carboxylic acids is 1. The molecule has 1 aliphatic heterocycles. The molecule has 1 N–H and O–H groups in total. The Morgan fingerprint density at radius 3 is 2.93 bits per heavy atom. The number of aromatic amines is 1. The number of amides is 1. The first-order valence-corrected chi connectivity index (χ1v) is 4.58. The molecule has 14 heavy (non-hydrogen) atoms. The lowest BCUT2D eigenvalue weighted by molar-refractivity contribution is 0.0530. The molecule has 0 atom stereocenters. The Labute approximate surface area is 82.1 Å². The number of nitrogens with zero attached hydrogens (tertiary/aromatic N) is 2. The van der Waals surface area contributed by atoms with Crippen molar-refractivity contribution in [3.05, 3.63) is 23.5 Å². The van der Waals surface area contributed by atoms with Crippen LogP contribution in [0.3, 0.4) is 0 Å². The lowest BCUT2D eigenvalue weighted by Gasteiger charge is -2.36. The number of nitrogens with one attached hydrogen (secondary N) is 1. The molecule has 4 heteroatoms. The molecule has 1 saturated heterocycles. The number of H-pyrrole nitrogens is 1. The number of hydrogen-bond donors (Lipinski definition) is 1. The second-order valence-corrected chi connectivity index (χ2v) is 3.73. The second kappa shape index (κ2) is 3.18. The fraction of sp³-hybridized carbons (Fsp3) is 0.400. The van der Waals surface area contributed by atoms with Gasteiger partial charge in [0.2, 0.25) is 0 Å². The van der Waals surface area contributed by atoms with Crippen molar-refractivity contribution in [1.29, 1.82) is 5.26 Å². The first kappa shape index (κ1) is 8.82. The van der Waals surface area contributed by atoms with E-state index in [0.29, 0.717) is 17.2 Å². The van der Waals surface area contributed by atoms with Crippen molar-refractivity contribution < 1.29 is 4.79 Å². The summed E-state index contributed by atoms with van der Waals surface area (Å²) in [6.07, 6.45) is 1.59. The third kappa shape index (κ3) is 1.37. The zero-order chi connectivity index (χ0) is 10.1. The van der Waals surface area contributed by atoms with Gasteiger partial charge in [-0.1, -0.05) is 6.92 Å². The average Bonchev–Trinajstić information content (AvgIpc) is 2.60. The summed E-state index contributed by atoms with van der Waals surface area (Å²) in [5, 5.41) is 8.58. The third-order valence-electron chi connectivity index (χ3n) is 2.40. The van der Waals surface area contributed by atoms with Crippen molar-refractivity contribution in [3.63, 3.8) is 0 Å². The summed E-state index contributed by atoms with van der Waals surface area (Å²) in [6, 6.07) is 3.55. The van der Waals surface area contributed by atoms with Crippen LogP contribution in [0.4, 0.5) is 0 Å². The molecule has 1 aliphatic rings. The maximum Gasteiger partial charge on any atom is 0.255 e. The molecular formula is C10H11N3O. The molecule has 0 radical (unpaired) electrons. The number of aromatic nitrogens is 1. The van der Waals surface area contributed by atoms with E-state index in [0.717, 1.165) is 13.1 Å². The van der Waals surface area contributed by atoms with Crippen LogP contribution in [0, 0.1) is 17.2 Å². The van der Waals surface area contributed by atoms with E-state index in [4.69, 9.17) is 5.26 Å². The van der Waals surface area contributed by atoms with Crippen LogP contribution in [0.25, 0.3) is 0 Å². The maximum absolute atomic E-state index is 11.7. The van der Waals surface area contributed by atoms with Gasteiger partial charge in [0.15, 0.2) is 0 Å². The largest absolute Gasteiger partial charge is 0.352 e. The molecule has 2 rings (SSSR count). The van der Waals surface area contributed by atoms with Crippen molar-refractivity contribution in [2.45, 2.75) is 6.92 Å². The Bertz CT molecular complexity index is 396. The molecule has 1 amide bonds. The van der Waals surface area contributed by atoms with Crippen LogP contribution in [0.5, 0.6) is 0 Å². The van der Waals surface area contributed by atoms with Gasteiger partial charge < -0.3 is 9.88 Å². The highest BCUT2D eigenvalue weighted by Crippen LogP contribution is 2.17. The van der Waals surface area contributed by atoms with Gasteiger partial charge in [0.25, 0.3) is 5.91 Å². The molecule has 72 valence electrons. The number of likely N-dealkylation sites (tertiary alicyclic amines) is 1. The molecule has 1 fully saturated rings. The number of rotatable bonds is 1. The van der Waals surface area contributed by atoms with Crippen molar-refractivity contribution in [2.24, 2.45) is 5.92 Å². The molecule has 1 aromatic rings. The highest BCUT2D eigenvalue weighted by molar-refractivity contribution is 5.94. The average molecular weight is 189 g/mol. The van der Waals surface area contributed by atoms with Gasteiger partial charge in [0.05, 0.1) is 5.56 Å². The van der Waals surface area contributed by atoms with Gasteiger partial charge in [-0.2, -0.15) is 5.26 Å². The van der Waals surface area contributed by atoms with E-state index in [1.165, 1.54) is 0 Å². The van der Waals surface area contributed by atoms with Gasteiger partial charge in [-0.3, -0.25) is 4.79 Å². The first-order chi connectivity index (χ1) is 6.70. The third-order valence-corrected chi connectivity index (χ3v) is 2.40. The molecule has 1 aromatic heterocycles. The summed E-state index contributed by atoms with van der Waals surface area (Å²) in [4.78, 5) is 16.2. The summed E-state index contributed by atoms with van der Waals surface area (Å²) >= 11 is 0. The Balaban J connectivity index is 2.09. The quantitative estimate of drug-likeness (QED) is 0.715. The predicted molar refractivity (Wildman–Crippen MR) is 50.6 cm³/mol. The zero-order valence-corrected chi connectivity index (χ0v) is 7.95. The normalized spacial score (nSPS) is 16.1. The van der Waals surface area contributed by atoms with Crippen molar-refractivity contribution >= 4 is 5.91 Å². The highest BCUT2D eigenvalue weighted by Gasteiger charge is 2.28. The fourth-order valence-corrected chi connectivity index (χ4v) is 1.63. The van der Waals surface area contributed by atoms with E-state index in [-0.39, 0.29) is 5.91 Å². The van der Waals surface area contributed by atoms with Crippen LogP contribution in [0.15, 0.2) is 12.3 Å². The van der Waals surface area contributed by atoms with Gasteiger partial charge in [0.1, 0.15) is 11.8 Å². The molecule has 0 aromatic carbocycles. The molecule has 0 spiro atoms. The zero-order valence-electron chi connectivity index (χ0n) is 7.95. The van der Waals surface area contributed by atoms with Crippen molar-refractivity contribution in [3.8, 4) is 6.07 Å². The molecule has 2 heterocycles. The fourth-order valence-electron chi connectivity index (χ4n) is 1.63. The van der Waals surface area contributed by atoms with E-state index < -0.39 is 0 Å². The van der Waals surface area contributed by atoms with E-state index >= 15 is 0 Å². The molecule has 0 aliphatic carbocycles. The van der Waals surface area contributed by atoms with E-state index in [1.54, 1.807) is 17.2 Å². The van der Waals surface area contributed by atoms with Crippen LogP contribution in [-0.4, -0.2) is 28.9 Å². The Morgan fingerprint density at radius 1 is 1.71 bits per heavy atom. The molecule has 0 saturated carbocycles. The van der Waals surface area contributed by atoms with Crippen molar-refractivity contribution in [2.75, 3.05) is 13.1 Å². The SMILES string of the molecule is CC1CN(C(=O)c2c[nH]c(C#N)c2)C1. The summed E-state index contributed by atoms with van der Waals surface area (Å²) < 4.78 is 0. The Kier molecular flexibility index (Phi) is 2.01. The minimum atomic E-state index is 0.0147. The number of nitriles is 1. The molecule has 0 bridgehead atoms. The first-order valence-electron chi connectivity index (χ1n) is 4.58. The Morgan fingerprint density at radius 2 is 2.43 bits per heavy atom. The summed E-state index contributed by atoms with van der Waals surface area (Å²) in [7, 11) is 0. The summed E-state index contributed by atoms with van der Waals surface area (Å²) in [6.45, 7) is 3.76. The Hall–Kier alpha value is -1.76. The van der Waals surface area contributed by atoms with E-state index in [9.17, 15) is 4.79 Å². The van der Waals surface area contributed by atoms with Gasteiger partial charge in [-0.05, 0) is 12.0 Å². The van der Waals surface area contributed by atoms with Gasteiger partial charge in [0, 0.05) is 19.3 Å². The highest BCUT2D eigenvalue weighted by atomic mass is 16.2. The smallest absolute Gasteiger partial charge is 0.255 e. The number of hydrogen-bond acceptors (Lipinski definition) is 2. The minimum absolute atomic E-state index is 0.0147. The lowest BCUT2D eigenvalue weighted by Crippen LogP contribution is -2.48. The van der Waals surface area contributed by atoms with Crippen LogP contribution < -0.4 is 0 Å². The van der Waals surface area contributed by atoms with Crippen LogP contribution >= 0.6 is 0 Å². The van der Waals surface area contributed by atoms with Crippen LogP contribution in [0.1, 0.15) is 23.0 Å². The molecule has 0 unspecified atom stereocenters. The molecule has 4 nitrogen and oxygen atoms in total. The van der Waals surface area contributed by atoms with Gasteiger partial charge in [-0.25, -0.2) is 0 Å². The van der Waals surface area contributed by atoms with Crippen LogP contribution in [-0.2, 0) is 0 Å². The molecular weight excluding hydrogens is 178 g/mol. The second-order valence-electron chi connectivity index (χ2n) is 3.73. The van der Waals surface area contributed by atoms with Gasteiger partial charge in [-0.15, -0.1) is 0 Å². The lowest BCUT2D eigenvalue weighted by atomic mass is 10.0. The standard InChI is InChI=1S/C10H11N3O/c1-7-5-13(6-7)10(14)8-2-9(3-11)12-4-8/h2,4,7,12H,5-6H2,1H3. The summed E-state index contributed by atoms with van der Waals surface area (Å²) in [5.41, 5.74) is 1.01. The van der Waals surface area contributed by atoms with Crippen molar-refractivity contribution in [1.82, 2.24) is 9.88 Å². The number of carbonyl (C=O) groups is 1. The maximum atomic E-state index is 11.7. The van der Waals surface area contributed by atoms with E-state index in [2.05, 4.69) is 11.9 Å². The topological polar surface area (TPSA) is 59.9 Å². The van der Waals surface area contributed by atoms with Gasteiger partial charge >= 0.3 is 0 Å².